The molecule has 8 rings (SSSR count). The van der Waals surface area contributed by atoms with Gasteiger partial charge in [0.25, 0.3) is 0 Å². The summed E-state index contributed by atoms with van der Waals surface area (Å²) in [6, 6.07) is 6.11. The number of carbonyl (C=O) groups excluding carboxylic acids is 3. The highest BCUT2D eigenvalue weighted by molar-refractivity contribution is 6.21. The Balaban J connectivity index is 1.24. The zero-order valence-corrected chi connectivity index (χ0v) is 28.4. The number of rotatable bonds is 9. The molecule has 2 heterocycles. The van der Waals surface area contributed by atoms with Crippen molar-refractivity contribution in [2.45, 2.75) is 87.1 Å². The number of likely N-dealkylation sites (N-methyl/N-ethyl adjacent to an activating group) is 1. The Hall–Kier alpha value is -2.45. The van der Waals surface area contributed by atoms with Crippen molar-refractivity contribution in [3.8, 4) is 0 Å². The van der Waals surface area contributed by atoms with Gasteiger partial charge in [0.05, 0.1) is 48.3 Å². The van der Waals surface area contributed by atoms with Crippen molar-refractivity contribution >= 4 is 23.5 Å². The maximum absolute atomic E-state index is 14.0. The van der Waals surface area contributed by atoms with Crippen LogP contribution in [0.4, 0.5) is 5.69 Å². The first-order valence-corrected chi connectivity index (χ1v) is 17.5. The Bertz CT molecular complexity index is 1510. The van der Waals surface area contributed by atoms with Crippen molar-refractivity contribution in [2.24, 2.45) is 34.5 Å². The zero-order valence-electron chi connectivity index (χ0n) is 28.4. The first-order valence-electron chi connectivity index (χ1n) is 17.5. The fourth-order valence-corrected chi connectivity index (χ4v) is 13.0. The van der Waals surface area contributed by atoms with Crippen LogP contribution in [0.5, 0.6) is 0 Å². The van der Waals surface area contributed by atoms with E-state index in [4.69, 9.17) is 23.7 Å². The van der Waals surface area contributed by atoms with Gasteiger partial charge in [0.1, 0.15) is 11.2 Å². The maximum Gasteiger partial charge on any atom is 0.340 e. The Morgan fingerprint density at radius 1 is 1.00 bits per heavy atom. The summed E-state index contributed by atoms with van der Waals surface area (Å²) in [5.41, 5.74) is -4.15. The van der Waals surface area contributed by atoms with Crippen LogP contribution < -0.4 is 4.90 Å². The highest BCUT2D eigenvalue weighted by Crippen LogP contribution is 2.80. The quantitative estimate of drug-likeness (QED) is 0.294. The third kappa shape index (κ3) is 3.67. The third-order valence-electron chi connectivity index (χ3n) is 14.2. The molecule has 13 atom stereocenters. The lowest BCUT2D eigenvalue weighted by atomic mass is 9.42. The van der Waals surface area contributed by atoms with E-state index in [9.17, 15) is 24.6 Å². The minimum absolute atomic E-state index is 0.0394. The number of anilines is 1. The number of carbonyl (C=O) groups is 3. The second-order valence-corrected chi connectivity index (χ2v) is 15.4. The molecule has 5 aliphatic carbocycles. The number of hydrogen-bond acceptors (Lipinski definition) is 11. The van der Waals surface area contributed by atoms with Gasteiger partial charge in [-0.25, -0.2) is 9.69 Å². The van der Waals surface area contributed by atoms with Crippen LogP contribution in [0.3, 0.4) is 0 Å². The van der Waals surface area contributed by atoms with Crippen molar-refractivity contribution in [1.29, 1.82) is 0 Å². The van der Waals surface area contributed by atoms with E-state index in [1.54, 1.807) is 52.7 Å². The van der Waals surface area contributed by atoms with E-state index >= 15 is 0 Å². The average Bonchev–Trinajstić information content (AvgIpc) is 3.66. The SMILES string of the molecule is CCN1C[C@]2(COC(=O)c3ccccc3N3C(=O)CCC3=O)CC[C@H](OC)C34C5CC6[C@@H](OC)C[C@@](O)([C@H]5[C@H]6OC)C(O)(C13)[C@@H](OC)[C@@H]42. The van der Waals surface area contributed by atoms with E-state index in [2.05, 4.69) is 11.8 Å². The van der Waals surface area contributed by atoms with E-state index in [0.29, 0.717) is 25.9 Å². The number of esters is 1. The second-order valence-electron chi connectivity index (χ2n) is 15.4. The highest BCUT2D eigenvalue weighted by atomic mass is 16.5. The van der Waals surface area contributed by atoms with E-state index in [0.717, 1.165) is 11.3 Å². The monoisotopic (exact) mass is 668 g/mol. The van der Waals surface area contributed by atoms with Crippen molar-refractivity contribution in [1.82, 2.24) is 4.90 Å². The summed E-state index contributed by atoms with van der Waals surface area (Å²) in [6.07, 6.45) is 0.951. The Labute approximate surface area is 280 Å². The minimum Gasteiger partial charge on any atom is -0.461 e. The number of piperidine rings is 1. The third-order valence-corrected chi connectivity index (χ3v) is 14.2. The van der Waals surface area contributed by atoms with Gasteiger partial charge in [0.2, 0.25) is 11.8 Å². The number of nitrogens with zero attached hydrogens (tertiary/aromatic N) is 2. The van der Waals surface area contributed by atoms with Crippen molar-refractivity contribution in [3.05, 3.63) is 29.8 Å². The Kier molecular flexibility index (Phi) is 7.52. The zero-order chi connectivity index (χ0) is 34.0. The number of ether oxygens (including phenoxy) is 5. The molecule has 0 aromatic heterocycles. The lowest BCUT2D eigenvalue weighted by molar-refractivity contribution is -0.320. The molecule has 2 N–H and O–H groups in total. The fourth-order valence-electron chi connectivity index (χ4n) is 13.0. The number of fused-ring (bicyclic) bond motifs is 2. The first kappa shape index (κ1) is 32.7. The lowest BCUT2D eigenvalue weighted by Crippen LogP contribution is -2.82. The molecule has 262 valence electrons. The van der Waals surface area contributed by atoms with Crippen LogP contribution in [-0.2, 0) is 33.3 Å². The van der Waals surface area contributed by atoms with E-state index in [-0.39, 0.29) is 90.9 Å². The van der Waals surface area contributed by atoms with Crippen LogP contribution in [-0.4, -0.2) is 123 Å². The second kappa shape index (κ2) is 11.0. The van der Waals surface area contributed by atoms with Gasteiger partial charge >= 0.3 is 5.97 Å². The number of aliphatic hydroxyl groups is 2. The molecule has 12 heteroatoms. The van der Waals surface area contributed by atoms with Gasteiger partial charge in [-0.3, -0.25) is 14.5 Å². The summed E-state index contributed by atoms with van der Waals surface area (Å²) in [4.78, 5) is 42.6. The summed E-state index contributed by atoms with van der Waals surface area (Å²) in [5, 5.41) is 26.5. The molecular weight excluding hydrogens is 620 g/mol. The molecule has 7 bridgehead atoms. The highest BCUT2D eigenvalue weighted by Gasteiger charge is 2.91. The Morgan fingerprint density at radius 2 is 1.73 bits per heavy atom. The predicted molar refractivity (Wildman–Crippen MR) is 170 cm³/mol. The van der Waals surface area contributed by atoms with Crippen LogP contribution in [0.15, 0.2) is 24.3 Å². The van der Waals surface area contributed by atoms with E-state index in [1.165, 1.54) is 0 Å². The predicted octanol–water partition coefficient (Wildman–Crippen LogP) is 1.79. The molecular formula is C36H48N2O10. The molecule has 7 fully saturated rings. The van der Waals surface area contributed by atoms with Crippen molar-refractivity contribution in [2.75, 3.05) is 53.0 Å². The topological polar surface area (TPSA) is 144 Å². The van der Waals surface area contributed by atoms with Gasteiger partial charge in [0, 0.05) is 82.8 Å². The van der Waals surface area contributed by atoms with Crippen LogP contribution in [0.2, 0.25) is 0 Å². The van der Waals surface area contributed by atoms with Crippen molar-refractivity contribution in [3.63, 3.8) is 0 Å². The molecule has 2 saturated heterocycles. The number of likely N-dealkylation sites (tertiary alicyclic amines) is 1. The Morgan fingerprint density at radius 3 is 2.38 bits per heavy atom. The first-order chi connectivity index (χ1) is 23.0. The minimum atomic E-state index is -1.69. The molecule has 5 unspecified atom stereocenters. The molecule has 2 amide bonds. The lowest BCUT2D eigenvalue weighted by Gasteiger charge is -2.70. The average molecular weight is 669 g/mol. The van der Waals surface area contributed by atoms with Crippen LogP contribution in [0.1, 0.15) is 55.8 Å². The number of imide groups is 1. The number of methoxy groups -OCH3 is 4. The summed E-state index contributed by atoms with van der Waals surface area (Å²) in [7, 11) is 6.70. The molecule has 1 aromatic rings. The largest absolute Gasteiger partial charge is 0.461 e. The van der Waals surface area contributed by atoms with Crippen LogP contribution in [0, 0.1) is 34.5 Å². The molecule has 1 aromatic carbocycles. The van der Waals surface area contributed by atoms with Gasteiger partial charge < -0.3 is 33.9 Å². The number of amides is 2. The fraction of sp³-hybridized carbons (Fsp3) is 0.750. The molecule has 1 spiro atoms. The van der Waals surface area contributed by atoms with Gasteiger partial charge in [-0.1, -0.05) is 19.1 Å². The van der Waals surface area contributed by atoms with E-state index < -0.39 is 40.1 Å². The number of para-hydroxylation sites is 1. The van der Waals surface area contributed by atoms with Crippen LogP contribution in [0.25, 0.3) is 0 Å². The number of hydrogen-bond donors (Lipinski definition) is 2. The molecule has 0 radical (unpaired) electrons. The van der Waals surface area contributed by atoms with Gasteiger partial charge in [-0.15, -0.1) is 0 Å². The van der Waals surface area contributed by atoms with Crippen molar-refractivity contribution < 1.29 is 48.3 Å². The van der Waals surface area contributed by atoms with Gasteiger partial charge in [-0.2, -0.15) is 0 Å². The van der Waals surface area contributed by atoms with Crippen LogP contribution >= 0.6 is 0 Å². The van der Waals surface area contributed by atoms with E-state index in [1.807, 2.05) is 0 Å². The molecule has 48 heavy (non-hydrogen) atoms. The normalized spacial score (nSPS) is 47.1. The molecule has 7 aliphatic rings. The number of benzene rings is 1. The van der Waals surface area contributed by atoms with Gasteiger partial charge in [0.15, 0.2) is 0 Å². The summed E-state index contributed by atoms with van der Waals surface area (Å²) >= 11 is 0. The summed E-state index contributed by atoms with van der Waals surface area (Å²) in [5.74, 6) is -2.00. The molecule has 5 saturated carbocycles. The standard InChI is InChI=1S/C36H48N2O10/c1-6-37-17-33(18-48-31(41)19-9-7-8-10-22(19)38-25(39)11-12-26(38)40)14-13-24(45-3)35-21-15-20-23(44-2)16-34(42,27(21)28(20)46-4)36(43,32(35)37)30(47-5)29(33)35/h7-10,20-21,23-24,27-30,32,42-43H,6,11-18H2,1-5H3/t20?,21?,23-,24-,27+,28-,29+,30-,32?,33-,34+,35?,36?/m0/s1. The van der Waals surface area contributed by atoms with Gasteiger partial charge in [-0.05, 0) is 43.9 Å². The molecule has 12 nitrogen and oxygen atoms in total. The summed E-state index contributed by atoms with van der Waals surface area (Å²) < 4.78 is 31.3. The maximum atomic E-state index is 14.0. The molecule has 2 aliphatic heterocycles. The summed E-state index contributed by atoms with van der Waals surface area (Å²) in [6.45, 7) is 3.24. The smallest absolute Gasteiger partial charge is 0.340 e.